The highest BCUT2D eigenvalue weighted by molar-refractivity contribution is 7.86. The van der Waals surface area contributed by atoms with E-state index in [0.29, 0.717) is 0 Å². The highest BCUT2D eigenvalue weighted by Gasteiger charge is 2.46. The molecule has 0 fully saturated rings. The van der Waals surface area contributed by atoms with Crippen molar-refractivity contribution in [1.82, 2.24) is 0 Å². The minimum Gasteiger partial charge on any atom is -0.741 e. The smallest absolute Gasteiger partial charge is 0.485 e. The molecule has 0 bridgehead atoms. The molecule has 0 unspecified atom stereocenters. The largest absolute Gasteiger partial charge is 0.741 e. The Kier molecular flexibility index (Phi) is 6.05. The summed E-state index contributed by atoms with van der Waals surface area (Å²) in [6, 6.07) is 21.0. The number of hydrogen-bond acceptors (Lipinski definition) is 4. The SMILES string of the molecule is O=S(=O)([O-])C(F)(F)F.[NH2+]=C1CCCC2=C1CC(c1ccccc1)(c1ccccc1)O2. The monoisotopic (exact) mass is 439 g/mol. The van der Waals surface area contributed by atoms with E-state index >= 15 is 0 Å². The van der Waals surface area contributed by atoms with Gasteiger partial charge in [0.15, 0.2) is 21.4 Å². The molecule has 1 heterocycles. The van der Waals surface area contributed by atoms with Crippen molar-refractivity contribution in [3.8, 4) is 0 Å². The van der Waals surface area contributed by atoms with E-state index in [1.54, 1.807) is 0 Å². The molecule has 0 atom stereocenters. The fourth-order valence-electron chi connectivity index (χ4n) is 3.64. The van der Waals surface area contributed by atoms with Gasteiger partial charge in [-0.2, -0.15) is 13.2 Å². The summed E-state index contributed by atoms with van der Waals surface area (Å²) in [6.07, 6.45) is 3.91. The van der Waals surface area contributed by atoms with Gasteiger partial charge < -0.3 is 9.29 Å². The molecule has 2 aromatic rings. The van der Waals surface area contributed by atoms with Gasteiger partial charge in [-0.3, -0.25) is 5.41 Å². The van der Waals surface area contributed by atoms with Crippen LogP contribution in [0.25, 0.3) is 0 Å². The molecule has 9 heteroatoms. The molecule has 0 radical (unpaired) electrons. The fraction of sp³-hybridized carbons (Fsp3) is 0.286. The summed E-state index contributed by atoms with van der Waals surface area (Å²) in [4.78, 5) is 0. The minimum absolute atomic E-state index is 0.428. The van der Waals surface area contributed by atoms with Gasteiger partial charge >= 0.3 is 5.51 Å². The van der Waals surface area contributed by atoms with Crippen molar-refractivity contribution in [2.24, 2.45) is 0 Å². The van der Waals surface area contributed by atoms with Crippen LogP contribution in [-0.2, 0) is 20.5 Å². The molecule has 0 spiro atoms. The lowest BCUT2D eigenvalue weighted by Crippen LogP contribution is -2.42. The Morgan fingerprint density at radius 2 is 1.40 bits per heavy atom. The van der Waals surface area contributed by atoms with Gasteiger partial charge in [-0.25, -0.2) is 8.42 Å². The molecule has 160 valence electrons. The van der Waals surface area contributed by atoms with Crippen LogP contribution in [0.15, 0.2) is 72.0 Å². The average molecular weight is 439 g/mol. The molecule has 4 rings (SSSR count). The Morgan fingerprint density at radius 3 is 1.80 bits per heavy atom. The highest BCUT2D eigenvalue weighted by atomic mass is 32.2. The summed E-state index contributed by atoms with van der Waals surface area (Å²) >= 11 is 0. The van der Waals surface area contributed by atoms with Crippen molar-refractivity contribution in [3.63, 3.8) is 0 Å². The zero-order chi connectivity index (χ0) is 22.0. The van der Waals surface area contributed by atoms with E-state index < -0.39 is 21.2 Å². The van der Waals surface area contributed by atoms with Crippen molar-refractivity contribution >= 4 is 15.8 Å². The van der Waals surface area contributed by atoms with Gasteiger partial charge in [0.05, 0.1) is 5.57 Å². The van der Waals surface area contributed by atoms with Crippen LogP contribution in [0.3, 0.4) is 0 Å². The first-order chi connectivity index (χ1) is 14.0. The number of hydrogen-bond donors (Lipinski definition) is 1. The Hall–Kier alpha value is -2.65. The first kappa shape index (κ1) is 22.0. The van der Waals surface area contributed by atoms with Crippen LogP contribution >= 0.6 is 0 Å². The Morgan fingerprint density at radius 1 is 0.933 bits per heavy atom. The van der Waals surface area contributed by atoms with Gasteiger partial charge in [0, 0.05) is 30.4 Å². The lowest BCUT2D eigenvalue weighted by atomic mass is 9.80. The molecule has 0 amide bonds. The molecule has 0 saturated carbocycles. The van der Waals surface area contributed by atoms with Crippen molar-refractivity contribution in [1.29, 1.82) is 0 Å². The third-order valence-corrected chi connectivity index (χ3v) is 5.63. The number of alkyl halides is 3. The summed E-state index contributed by atoms with van der Waals surface area (Å²) < 4.78 is 65.5. The molecule has 0 aromatic heterocycles. The summed E-state index contributed by atoms with van der Waals surface area (Å²) in [7, 11) is -6.09. The topological polar surface area (TPSA) is 92.0 Å². The van der Waals surface area contributed by atoms with Gasteiger partial charge in [0.25, 0.3) is 0 Å². The molecule has 2 aliphatic rings. The molecular formula is C21H20F3NO4S. The number of ether oxygens (including phenoxy) is 1. The standard InChI is InChI=1S/C20H19NO.CHF3O3S/c21-18-12-7-13-19-17(18)14-20(22-19,15-8-3-1-4-9-15)16-10-5-2-6-11-16;2-1(3,4)8(5,6)7/h1-6,8-11,21H,7,12-14H2;(H,5,6,7). The number of allylic oxidation sites excluding steroid dienone is 1. The van der Waals surface area contributed by atoms with Gasteiger partial charge in [-0.05, 0) is 6.42 Å². The van der Waals surface area contributed by atoms with Crippen LogP contribution in [0.4, 0.5) is 13.2 Å². The first-order valence-electron chi connectivity index (χ1n) is 9.20. The number of halogens is 3. The number of nitrogens with two attached hydrogens (primary N) is 1. The first-order valence-corrected chi connectivity index (χ1v) is 10.6. The predicted octanol–water partition coefficient (Wildman–Crippen LogP) is 3.04. The van der Waals surface area contributed by atoms with Crippen LogP contribution in [-0.4, -0.2) is 24.2 Å². The highest BCUT2D eigenvalue weighted by Crippen LogP contribution is 2.49. The zero-order valence-corrected chi connectivity index (χ0v) is 16.7. The summed E-state index contributed by atoms with van der Waals surface area (Å²) in [5.74, 6) is 1.09. The quantitative estimate of drug-likeness (QED) is 0.575. The van der Waals surface area contributed by atoms with Crippen molar-refractivity contribution in [2.45, 2.75) is 36.8 Å². The Bertz CT molecular complexity index is 1010. The van der Waals surface area contributed by atoms with Crippen LogP contribution in [0.5, 0.6) is 0 Å². The molecular weight excluding hydrogens is 419 g/mol. The van der Waals surface area contributed by atoms with Gasteiger partial charge in [-0.15, -0.1) is 0 Å². The molecule has 2 aromatic carbocycles. The maximum absolute atomic E-state index is 10.7. The van der Waals surface area contributed by atoms with E-state index in [2.05, 4.69) is 48.5 Å². The van der Waals surface area contributed by atoms with Crippen LogP contribution in [0, 0.1) is 0 Å². The maximum atomic E-state index is 10.7. The second-order valence-corrected chi connectivity index (χ2v) is 8.39. The average Bonchev–Trinajstić information content (AvgIpc) is 3.11. The van der Waals surface area contributed by atoms with Gasteiger partial charge in [0.1, 0.15) is 5.76 Å². The normalized spacial score (nSPS) is 18.2. The maximum Gasteiger partial charge on any atom is 0.485 e. The second-order valence-electron chi connectivity index (χ2n) is 7.02. The lowest BCUT2D eigenvalue weighted by molar-refractivity contribution is -0.116. The van der Waals surface area contributed by atoms with E-state index in [1.165, 1.54) is 16.7 Å². The molecule has 2 N–H and O–H groups in total. The van der Waals surface area contributed by atoms with E-state index in [4.69, 9.17) is 23.1 Å². The Labute approximate surface area is 172 Å². The third-order valence-electron chi connectivity index (χ3n) is 5.06. The van der Waals surface area contributed by atoms with Crippen LogP contribution in [0.1, 0.15) is 36.8 Å². The Balaban J connectivity index is 0.000000275. The number of benzene rings is 2. The summed E-state index contributed by atoms with van der Waals surface area (Å²) in [6.45, 7) is 0. The fourth-order valence-corrected chi connectivity index (χ4v) is 3.64. The predicted molar refractivity (Wildman–Crippen MR) is 103 cm³/mol. The van der Waals surface area contributed by atoms with Crippen LogP contribution < -0.4 is 5.41 Å². The minimum atomic E-state index is -6.09. The van der Waals surface area contributed by atoms with Gasteiger partial charge in [-0.1, -0.05) is 60.7 Å². The molecule has 5 nitrogen and oxygen atoms in total. The van der Waals surface area contributed by atoms with E-state index in [-0.39, 0.29) is 0 Å². The molecule has 1 aliphatic heterocycles. The lowest BCUT2D eigenvalue weighted by Gasteiger charge is -2.31. The summed E-state index contributed by atoms with van der Waals surface area (Å²) in [5.41, 5.74) is -1.43. The van der Waals surface area contributed by atoms with E-state index in [9.17, 15) is 13.2 Å². The summed E-state index contributed by atoms with van der Waals surface area (Å²) in [5, 5.41) is 6.28. The van der Waals surface area contributed by atoms with E-state index in [1.807, 2.05) is 12.1 Å². The third kappa shape index (κ3) is 4.41. The zero-order valence-electron chi connectivity index (χ0n) is 15.9. The van der Waals surface area contributed by atoms with Crippen molar-refractivity contribution < 1.29 is 36.3 Å². The molecule has 0 saturated heterocycles. The van der Waals surface area contributed by atoms with E-state index in [0.717, 1.165) is 37.2 Å². The van der Waals surface area contributed by atoms with Crippen molar-refractivity contribution in [3.05, 3.63) is 83.1 Å². The van der Waals surface area contributed by atoms with Gasteiger partial charge in [0.2, 0.25) is 0 Å². The second kappa shape index (κ2) is 8.23. The number of rotatable bonds is 2. The molecule has 30 heavy (non-hydrogen) atoms. The van der Waals surface area contributed by atoms with Crippen LogP contribution in [0.2, 0.25) is 0 Å². The molecule has 1 aliphatic carbocycles. The van der Waals surface area contributed by atoms with Crippen molar-refractivity contribution in [2.75, 3.05) is 0 Å².